The predicted molar refractivity (Wildman–Crippen MR) is 86.7 cm³/mol. The highest BCUT2D eigenvalue weighted by Gasteiger charge is 2.29. The molecular formula is C16H17N3O3S. The second-order valence-corrected chi connectivity index (χ2v) is 6.50. The molecule has 7 heteroatoms. The molecule has 0 radical (unpaired) electrons. The number of carboxylic acid groups (broad SMARTS) is 1. The lowest BCUT2D eigenvalue weighted by Gasteiger charge is -2.20. The van der Waals surface area contributed by atoms with Gasteiger partial charge < -0.3 is 14.6 Å². The number of hydrogen-bond donors (Lipinski definition) is 1. The first kappa shape index (κ1) is 15.5. The molecule has 1 atom stereocenters. The molecule has 1 N–H and O–H groups in total. The van der Waals surface area contributed by atoms with E-state index >= 15 is 0 Å². The average molecular weight is 331 g/mol. The Bertz CT molecular complexity index is 748. The van der Waals surface area contributed by atoms with Crippen molar-refractivity contribution in [1.82, 2.24) is 14.5 Å². The summed E-state index contributed by atoms with van der Waals surface area (Å²) in [6, 6.07) is 3.89. The first-order valence-corrected chi connectivity index (χ1v) is 8.16. The first-order chi connectivity index (χ1) is 11.0. The minimum absolute atomic E-state index is 0.182. The Morgan fingerprint density at radius 1 is 1.43 bits per heavy atom. The average Bonchev–Trinajstić information content (AvgIpc) is 3.15. The van der Waals surface area contributed by atoms with Gasteiger partial charge in [-0.1, -0.05) is 6.07 Å². The standard InChI is InChI=1S/C16H17N3O3S/c1-11(13-3-2-6-23-13)7-15(20)19-9-12(16(21)22)8-18-5-4-17-14(18)10-19/h2-7,12H,8-10H2,1H3,(H,21,22)/b11-7+. The van der Waals surface area contributed by atoms with Crippen molar-refractivity contribution in [3.63, 3.8) is 0 Å². The van der Waals surface area contributed by atoms with E-state index in [9.17, 15) is 14.7 Å². The number of imidazole rings is 1. The van der Waals surface area contributed by atoms with Crippen LogP contribution >= 0.6 is 11.3 Å². The van der Waals surface area contributed by atoms with Crippen LogP contribution in [0.2, 0.25) is 0 Å². The number of fused-ring (bicyclic) bond motifs is 1. The van der Waals surface area contributed by atoms with Crippen molar-refractivity contribution in [2.45, 2.75) is 20.0 Å². The van der Waals surface area contributed by atoms with Crippen LogP contribution in [-0.4, -0.2) is 38.0 Å². The third-order valence-corrected chi connectivity index (χ3v) is 4.91. The van der Waals surface area contributed by atoms with E-state index in [0.717, 1.165) is 10.5 Å². The maximum absolute atomic E-state index is 12.6. The zero-order valence-corrected chi connectivity index (χ0v) is 13.5. The van der Waals surface area contributed by atoms with E-state index in [1.54, 1.807) is 34.7 Å². The quantitative estimate of drug-likeness (QED) is 0.874. The number of carboxylic acids is 1. The monoisotopic (exact) mass is 331 g/mol. The Morgan fingerprint density at radius 3 is 2.96 bits per heavy atom. The molecular weight excluding hydrogens is 314 g/mol. The van der Waals surface area contributed by atoms with Crippen LogP contribution in [0.15, 0.2) is 36.0 Å². The molecule has 23 heavy (non-hydrogen) atoms. The lowest BCUT2D eigenvalue weighted by molar-refractivity contribution is -0.143. The molecule has 0 aromatic carbocycles. The molecule has 1 unspecified atom stereocenters. The molecule has 3 heterocycles. The number of rotatable bonds is 3. The minimum atomic E-state index is -0.900. The summed E-state index contributed by atoms with van der Waals surface area (Å²) in [7, 11) is 0. The number of carbonyl (C=O) groups excluding carboxylic acids is 1. The second-order valence-electron chi connectivity index (χ2n) is 5.55. The van der Waals surface area contributed by atoms with Crippen LogP contribution in [0, 0.1) is 5.92 Å². The zero-order valence-electron chi connectivity index (χ0n) is 12.7. The summed E-state index contributed by atoms with van der Waals surface area (Å²) in [5.41, 5.74) is 0.879. The molecule has 0 bridgehead atoms. The van der Waals surface area contributed by atoms with Crippen LogP contribution < -0.4 is 0 Å². The summed E-state index contributed by atoms with van der Waals surface area (Å²) in [5, 5.41) is 11.3. The fraction of sp³-hybridized carbons (Fsp3) is 0.312. The van der Waals surface area contributed by atoms with Gasteiger partial charge in [-0.05, 0) is 23.9 Å². The van der Waals surface area contributed by atoms with Crippen molar-refractivity contribution >= 4 is 28.8 Å². The van der Waals surface area contributed by atoms with Gasteiger partial charge in [0.25, 0.3) is 0 Å². The Kier molecular flexibility index (Phi) is 4.29. The molecule has 0 aliphatic carbocycles. The van der Waals surface area contributed by atoms with Crippen LogP contribution in [0.5, 0.6) is 0 Å². The van der Waals surface area contributed by atoms with E-state index in [1.165, 1.54) is 0 Å². The molecule has 6 nitrogen and oxygen atoms in total. The molecule has 3 rings (SSSR count). The van der Waals surface area contributed by atoms with Gasteiger partial charge in [0.15, 0.2) is 0 Å². The van der Waals surface area contributed by atoms with Crippen molar-refractivity contribution in [3.05, 3.63) is 46.7 Å². The van der Waals surface area contributed by atoms with Crippen LogP contribution in [0.1, 0.15) is 17.6 Å². The second kappa shape index (κ2) is 6.37. The van der Waals surface area contributed by atoms with E-state index in [0.29, 0.717) is 18.9 Å². The molecule has 120 valence electrons. The normalized spacial score (nSPS) is 18.4. The van der Waals surface area contributed by atoms with Crippen molar-refractivity contribution < 1.29 is 14.7 Å². The van der Waals surface area contributed by atoms with Gasteiger partial charge in [-0.2, -0.15) is 0 Å². The lowest BCUT2D eigenvalue weighted by atomic mass is 10.1. The number of carbonyl (C=O) groups is 2. The maximum atomic E-state index is 12.6. The van der Waals surface area contributed by atoms with Gasteiger partial charge in [0.1, 0.15) is 5.82 Å². The summed E-state index contributed by atoms with van der Waals surface area (Å²) in [6.07, 6.45) is 4.96. The predicted octanol–water partition coefficient (Wildman–Crippen LogP) is 2.09. The van der Waals surface area contributed by atoms with E-state index in [2.05, 4.69) is 4.98 Å². The molecule has 1 amide bonds. The molecule has 1 aliphatic heterocycles. The third kappa shape index (κ3) is 3.34. The number of amides is 1. The van der Waals surface area contributed by atoms with Gasteiger partial charge >= 0.3 is 5.97 Å². The van der Waals surface area contributed by atoms with Crippen molar-refractivity contribution in [2.24, 2.45) is 5.92 Å². The van der Waals surface area contributed by atoms with Gasteiger partial charge in [-0.3, -0.25) is 9.59 Å². The molecule has 2 aromatic rings. The highest BCUT2D eigenvalue weighted by atomic mass is 32.1. The molecule has 0 spiro atoms. The van der Waals surface area contributed by atoms with Crippen molar-refractivity contribution in [1.29, 1.82) is 0 Å². The molecule has 0 saturated carbocycles. The number of aromatic nitrogens is 2. The highest BCUT2D eigenvalue weighted by Crippen LogP contribution is 2.21. The van der Waals surface area contributed by atoms with Crippen LogP contribution in [0.25, 0.3) is 5.57 Å². The van der Waals surface area contributed by atoms with E-state index in [1.807, 2.05) is 29.0 Å². The molecule has 0 fully saturated rings. The highest BCUT2D eigenvalue weighted by molar-refractivity contribution is 7.11. The van der Waals surface area contributed by atoms with E-state index in [4.69, 9.17) is 0 Å². The smallest absolute Gasteiger partial charge is 0.310 e. The largest absolute Gasteiger partial charge is 0.481 e. The molecule has 2 aromatic heterocycles. The number of allylic oxidation sites excluding steroid dienone is 1. The van der Waals surface area contributed by atoms with Crippen molar-refractivity contribution in [2.75, 3.05) is 6.54 Å². The fourth-order valence-electron chi connectivity index (χ4n) is 2.63. The summed E-state index contributed by atoms with van der Waals surface area (Å²) in [6.45, 7) is 2.73. The first-order valence-electron chi connectivity index (χ1n) is 7.28. The number of hydrogen-bond acceptors (Lipinski definition) is 4. The summed E-state index contributed by atoms with van der Waals surface area (Å²) in [5.74, 6) is -1.00. The van der Waals surface area contributed by atoms with E-state index < -0.39 is 11.9 Å². The Labute approximate surface area is 137 Å². The van der Waals surface area contributed by atoms with Gasteiger partial charge in [-0.15, -0.1) is 11.3 Å². The summed E-state index contributed by atoms with van der Waals surface area (Å²) in [4.78, 5) is 30.8. The van der Waals surface area contributed by atoms with Crippen molar-refractivity contribution in [3.8, 4) is 0 Å². The Hall–Kier alpha value is -2.41. The van der Waals surface area contributed by atoms with Gasteiger partial charge in [-0.25, -0.2) is 4.98 Å². The van der Waals surface area contributed by atoms with E-state index in [-0.39, 0.29) is 12.5 Å². The minimum Gasteiger partial charge on any atom is -0.481 e. The van der Waals surface area contributed by atoms with Crippen LogP contribution in [-0.2, 0) is 22.7 Å². The van der Waals surface area contributed by atoms with Crippen LogP contribution in [0.3, 0.4) is 0 Å². The summed E-state index contributed by atoms with van der Waals surface area (Å²) >= 11 is 1.57. The SMILES string of the molecule is C/C(=C\C(=O)N1Cc2nccn2CC(C(=O)O)C1)c1cccs1. The van der Waals surface area contributed by atoms with Crippen LogP contribution in [0.4, 0.5) is 0 Å². The molecule has 1 aliphatic rings. The lowest BCUT2D eigenvalue weighted by Crippen LogP contribution is -2.35. The van der Waals surface area contributed by atoms with Gasteiger partial charge in [0.2, 0.25) is 5.91 Å². The third-order valence-electron chi connectivity index (χ3n) is 3.90. The Balaban J connectivity index is 1.84. The van der Waals surface area contributed by atoms with Gasteiger partial charge in [0.05, 0.1) is 12.5 Å². The van der Waals surface area contributed by atoms with Gasteiger partial charge in [0, 0.05) is 36.4 Å². The molecule has 0 saturated heterocycles. The Morgan fingerprint density at radius 2 is 2.26 bits per heavy atom. The number of nitrogens with zero attached hydrogens (tertiary/aromatic N) is 3. The summed E-state index contributed by atoms with van der Waals surface area (Å²) < 4.78 is 1.81. The fourth-order valence-corrected chi connectivity index (χ4v) is 3.33. The maximum Gasteiger partial charge on any atom is 0.310 e. The number of thiophene rings is 1. The number of aliphatic carboxylic acids is 1. The zero-order chi connectivity index (χ0) is 16.4. The topological polar surface area (TPSA) is 75.4 Å².